The second-order valence-corrected chi connectivity index (χ2v) is 6.27. The molecule has 0 unspecified atom stereocenters. The van der Waals surface area contributed by atoms with E-state index in [1.54, 1.807) is 38.1 Å². The molecular weight excluding hydrogens is 354 g/mol. The Kier molecular flexibility index (Phi) is 6.64. The molecule has 0 spiro atoms. The Bertz CT molecular complexity index is 774. The maximum absolute atomic E-state index is 12.4. The predicted octanol–water partition coefficient (Wildman–Crippen LogP) is 0.379. The largest absolute Gasteiger partial charge is 0.456 e. The van der Waals surface area contributed by atoms with E-state index in [0.717, 1.165) is 4.90 Å². The Hall–Kier alpha value is -3.23. The molecule has 0 bridgehead atoms. The van der Waals surface area contributed by atoms with Crippen LogP contribution in [0, 0.1) is 0 Å². The highest BCUT2D eigenvalue weighted by Gasteiger charge is 2.30. The molecule has 0 radical (unpaired) electrons. The zero-order valence-electron chi connectivity index (χ0n) is 15.1. The van der Waals surface area contributed by atoms with Crippen molar-refractivity contribution in [3.8, 4) is 0 Å². The number of fused-ring (bicyclic) bond motifs is 1. The van der Waals surface area contributed by atoms with Crippen molar-refractivity contribution in [3.63, 3.8) is 0 Å². The number of carbonyl (C=O) groups is 5. The Morgan fingerprint density at radius 3 is 2.59 bits per heavy atom. The van der Waals surface area contributed by atoms with Crippen LogP contribution >= 0.6 is 0 Å². The van der Waals surface area contributed by atoms with Crippen molar-refractivity contribution in [1.82, 2.24) is 15.5 Å². The molecule has 0 fully saturated rings. The molecule has 1 aromatic rings. The van der Waals surface area contributed by atoms with Crippen molar-refractivity contribution < 1.29 is 28.7 Å². The van der Waals surface area contributed by atoms with Crippen LogP contribution in [0.2, 0.25) is 0 Å². The van der Waals surface area contributed by atoms with E-state index >= 15 is 0 Å². The van der Waals surface area contributed by atoms with Gasteiger partial charge in [-0.15, -0.1) is 0 Å². The molecule has 2 rings (SSSR count). The van der Waals surface area contributed by atoms with Crippen LogP contribution in [0.4, 0.5) is 4.79 Å². The highest BCUT2D eigenvalue weighted by Crippen LogP contribution is 2.19. The molecule has 1 aromatic carbocycles. The lowest BCUT2D eigenvalue weighted by Crippen LogP contribution is -2.44. The number of imide groups is 2. The lowest BCUT2D eigenvalue weighted by atomic mass is 9.98. The molecule has 9 heteroatoms. The summed E-state index contributed by atoms with van der Waals surface area (Å²) in [5.41, 5.74) is 1.09. The number of carbonyl (C=O) groups excluding carboxylic acids is 5. The van der Waals surface area contributed by atoms with Gasteiger partial charge in [0.2, 0.25) is 5.91 Å². The summed E-state index contributed by atoms with van der Waals surface area (Å²) >= 11 is 0. The SMILES string of the molecule is CC(C)NC(=O)NC(=O)COC(=O)CCN1C(=O)Cc2ccccc2C1=O. The molecule has 1 aliphatic heterocycles. The third kappa shape index (κ3) is 5.63. The van der Waals surface area contributed by atoms with E-state index in [2.05, 4.69) is 5.32 Å². The van der Waals surface area contributed by atoms with Crippen LogP contribution in [-0.4, -0.2) is 53.8 Å². The van der Waals surface area contributed by atoms with Crippen molar-refractivity contribution >= 4 is 29.7 Å². The van der Waals surface area contributed by atoms with Crippen molar-refractivity contribution in [2.75, 3.05) is 13.2 Å². The first-order valence-electron chi connectivity index (χ1n) is 8.46. The fourth-order valence-corrected chi connectivity index (χ4v) is 2.51. The summed E-state index contributed by atoms with van der Waals surface area (Å²) in [4.78, 5) is 60.1. The molecule has 0 saturated heterocycles. The summed E-state index contributed by atoms with van der Waals surface area (Å²) in [6.45, 7) is 2.69. The average molecular weight is 375 g/mol. The van der Waals surface area contributed by atoms with Gasteiger partial charge in [-0.2, -0.15) is 0 Å². The molecule has 5 amide bonds. The Morgan fingerprint density at radius 2 is 1.89 bits per heavy atom. The van der Waals surface area contributed by atoms with Gasteiger partial charge in [-0.3, -0.25) is 29.4 Å². The quantitative estimate of drug-likeness (QED) is 0.547. The first-order chi connectivity index (χ1) is 12.8. The number of amides is 5. The minimum Gasteiger partial charge on any atom is -0.456 e. The topological polar surface area (TPSA) is 122 Å². The van der Waals surface area contributed by atoms with Crippen LogP contribution in [0.1, 0.15) is 36.2 Å². The minimum atomic E-state index is -0.777. The van der Waals surface area contributed by atoms with E-state index in [-0.39, 0.29) is 25.4 Å². The third-order valence-corrected chi connectivity index (χ3v) is 3.71. The van der Waals surface area contributed by atoms with Gasteiger partial charge in [0.1, 0.15) is 0 Å². The van der Waals surface area contributed by atoms with Crippen molar-refractivity contribution in [1.29, 1.82) is 0 Å². The fourth-order valence-electron chi connectivity index (χ4n) is 2.51. The van der Waals surface area contributed by atoms with Crippen LogP contribution in [0.25, 0.3) is 0 Å². The monoisotopic (exact) mass is 375 g/mol. The summed E-state index contributed by atoms with van der Waals surface area (Å²) in [5.74, 6) is -2.39. The number of hydrogen-bond acceptors (Lipinski definition) is 6. The van der Waals surface area contributed by atoms with Gasteiger partial charge in [0.15, 0.2) is 6.61 Å². The average Bonchev–Trinajstić information content (AvgIpc) is 2.59. The Balaban J connectivity index is 1.79. The maximum atomic E-state index is 12.4. The van der Waals surface area contributed by atoms with E-state index in [9.17, 15) is 24.0 Å². The van der Waals surface area contributed by atoms with Crippen LogP contribution in [0.5, 0.6) is 0 Å². The standard InChI is InChI=1S/C18H21N3O6/c1-11(2)19-18(26)20-14(22)10-27-16(24)7-8-21-15(23)9-12-5-3-4-6-13(12)17(21)25/h3-6,11H,7-10H2,1-2H3,(H2,19,20,22,26). The fraction of sp³-hybridized carbons (Fsp3) is 0.389. The van der Waals surface area contributed by atoms with E-state index < -0.39 is 36.3 Å². The third-order valence-electron chi connectivity index (χ3n) is 3.71. The second kappa shape index (κ2) is 8.93. The lowest BCUT2D eigenvalue weighted by molar-refractivity contribution is -0.148. The molecule has 144 valence electrons. The van der Waals surface area contributed by atoms with Gasteiger partial charge in [-0.25, -0.2) is 4.79 Å². The molecule has 0 saturated carbocycles. The number of rotatable bonds is 6. The highest BCUT2D eigenvalue weighted by atomic mass is 16.5. The van der Waals surface area contributed by atoms with Crippen LogP contribution in [0.3, 0.4) is 0 Å². The normalized spacial score (nSPS) is 13.2. The van der Waals surface area contributed by atoms with Crippen LogP contribution < -0.4 is 10.6 Å². The van der Waals surface area contributed by atoms with Gasteiger partial charge < -0.3 is 10.1 Å². The van der Waals surface area contributed by atoms with E-state index in [0.29, 0.717) is 11.1 Å². The number of hydrogen-bond donors (Lipinski definition) is 2. The molecule has 1 heterocycles. The molecule has 0 atom stereocenters. The Morgan fingerprint density at radius 1 is 1.19 bits per heavy atom. The lowest BCUT2D eigenvalue weighted by Gasteiger charge is -2.26. The Labute approximate surface area is 156 Å². The van der Waals surface area contributed by atoms with E-state index in [1.807, 2.05) is 5.32 Å². The summed E-state index contributed by atoms with van der Waals surface area (Å²) in [5, 5.41) is 4.47. The van der Waals surface area contributed by atoms with E-state index in [4.69, 9.17) is 4.74 Å². The van der Waals surface area contributed by atoms with Crippen molar-refractivity contribution in [2.24, 2.45) is 0 Å². The number of nitrogens with one attached hydrogen (secondary N) is 2. The van der Waals surface area contributed by atoms with Gasteiger partial charge in [-0.05, 0) is 25.5 Å². The summed E-state index contributed by atoms with van der Waals surface area (Å²) in [7, 11) is 0. The molecule has 0 aliphatic carbocycles. The van der Waals surface area contributed by atoms with Crippen molar-refractivity contribution in [3.05, 3.63) is 35.4 Å². The molecule has 27 heavy (non-hydrogen) atoms. The number of nitrogens with zero attached hydrogens (tertiary/aromatic N) is 1. The predicted molar refractivity (Wildman–Crippen MR) is 93.6 cm³/mol. The number of urea groups is 1. The highest BCUT2D eigenvalue weighted by molar-refractivity contribution is 6.09. The first-order valence-corrected chi connectivity index (χ1v) is 8.46. The maximum Gasteiger partial charge on any atom is 0.321 e. The van der Waals surface area contributed by atoms with E-state index in [1.165, 1.54) is 0 Å². The van der Waals surface area contributed by atoms with Gasteiger partial charge >= 0.3 is 12.0 Å². The van der Waals surface area contributed by atoms with Gasteiger partial charge in [-0.1, -0.05) is 18.2 Å². The molecular formula is C18H21N3O6. The summed E-state index contributed by atoms with van der Waals surface area (Å²) < 4.78 is 4.76. The number of esters is 1. The number of benzene rings is 1. The summed E-state index contributed by atoms with van der Waals surface area (Å²) in [6.07, 6.45) is -0.157. The zero-order chi connectivity index (χ0) is 20.0. The van der Waals surface area contributed by atoms with Crippen molar-refractivity contribution in [2.45, 2.75) is 32.7 Å². The number of ether oxygens (including phenoxy) is 1. The molecule has 2 N–H and O–H groups in total. The summed E-state index contributed by atoms with van der Waals surface area (Å²) in [6, 6.07) is 5.96. The first kappa shape index (κ1) is 20.1. The molecule has 0 aromatic heterocycles. The van der Waals surface area contributed by atoms with Crippen LogP contribution in [-0.2, 0) is 25.5 Å². The zero-order valence-corrected chi connectivity index (χ0v) is 15.1. The van der Waals surface area contributed by atoms with Crippen LogP contribution in [0.15, 0.2) is 24.3 Å². The minimum absolute atomic E-state index is 0.0876. The van der Waals surface area contributed by atoms with Gasteiger partial charge in [0.05, 0.1) is 12.8 Å². The molecule has 1 aliphatic rings. The second-order valence-electron chi connectivity index (χ2n) is 6.27. The van der Waals surface area contributed by atoms with Gasteiger partial charge in [0.25, 0.3) is 11.8 Å². The smallest absolute Gasteiger partial charge is 0.321 e. The van der Waals surface area contributed by atoms with Gasteiger partial charge in [0, 0.05) is 18.2 Å². The molecule has 9 nitrogen and oxygen atoms in total.